The number of anilines is 1. The second kappa shape index (κ2) is 3.17. The van der Waals surface area contributed by atoms with Gasteiger partial charge >= 0.3 is 0 Å². The lowest BCUT2D eigenvalue weighted by Gasteiger charge is -1.99. The molecule has 0 heterocycles. The van der Waals surface area contributed by atoms with E-state index in [9.17, 15) is 0 Å². The summed E-state index contributed by atoms with van der Waals surface area (Å²) in [6.45, 7) is 0. The third-order valence-corrected chi connectivity index (χ3v) is 2.39. The van der Waals surface area contributed by atoms with Crippen LogP contribution in [-0.2, 0) is 0 Å². The Hall–Kier alpha value is -0.340. The van der Waals surface area contributed by atoms with E-state index in [0.717, 1.165) is 15.6 Å². The molecular weight excluding hydrogens is 166 g/mol. The zero-order valence-corrected chi connectivity index (χ0v) is 7.17. The summed E-state index contributed by atoms with van der Waals surface area (Å²) in [6, 6.07) is 5.47. The van der Waals surface area contributed by atoms with E-state index in [-0.39, 0.29) is 0 Å². The van der Waals surface area contributed by atoms with Crippen LogP contribution in [-0.4, -0.2) is 6.26 Å². The summed E-state index contributed by atoms with van der Waals surface area (Å²) < 4.78 is 0. The fourth-order valence-corrected chi connectivity index (χ4v) is 1.54. The summed E-state index contributed by atoms with van der Waals surface area (Å²) in [6.07, 6.45) is 1.97. The number of halogens is 1. The minimum absolute atomic E-state index is 0.758. The Morgan fingerprint density at radius 2 is 2.20 bits per heavy atom. The zero-order chi connectivity index (χ0) is 7.56. The molecule has 0 spiro atoms. The van der Waals surface area contributed by atoms with Gasteiger partial charge in [0.25, 0.3) is 0 Å². The highest BCUT2D eigenvalue weighted by Gasteiger charge is 1.96. The van der Waals surface area contributed by atoms with Crippen LogP contribution in [0.5, 0.6) is 0 Å². The SMILES string of the molecule is CSc1cc(N)ccc1Cl. The average molecular weight is 174 g/mol. The standard InChI is InChI=1S/C7H8ClNS/c1-10-7-4-5(9)2-3-6(7)8/h2-4H,9H2,1H3. The predicted octanol–water partition coefficient (Wildman–Crippen LogP) is 2.64. The molecule has 0 aromatic heterocycles. The van der Waals surface area contributed by atoms with Gasteiger partial charge < -0.3 is 5.73 Å². The van der Waals surface area contributed by atoms with Crippen LogP contribution in [0.1, 0.15) is 0 Å². The summed E-state index contributed by atoms with van der Waals surface area (Å²) in [7, 11) is 0. The van der Waals surface area contributed by atoms with Gasteiger partial charge in [0.1, 0.15) is 0 Å². The number of thioether (sulfide) groups is 1. The van der Waals surface area contributed by atoms with Crippen LogP contribution < -0.4 is 5.73 Å². The van der Waals surface area contributed by atoms with E-state index in [4.69, 9.17) is 17.3 Å². The van der Waals surface area contributed by atoms with Gasteiger partial charge in [-0.15, -0.1) is 11.8 Å². The first-order valence-electron chi connectivity index (χ1n) is 2.83. The van der Waals surface area contributed by atoms with Gasteiger partial charge in [0.05, 0.1) is 5.02 Å². The minimum atomic E-state index is 0.758. The van der Waals surface area contributed by atoms with Crippen LogP contribution in [0.25, 0.3) is 0 Å². The van der Waals surface area contributed by atoms with Crippen molar-refractivity contribution in [2.45, 2.75) is 4.90 Å². The summed E-state index contributed by atoms with van der Waals surface area (Å²) in [5, 5.41) is 0.765. The highest BCUT2D eigenvalue weighted by atomic mass is 35.5. The number of rotatable bonds is 1. The monoisotopic (exact) mass is 173 g/mol. The first-order valence-corrected chi connectivity index (χ1v) is 4.43. The molecule has 0 saturated heterocycles. The quantitative estimate of drug-likeness (QED) is 0.522. The highest BCUT2D eigenvalue weighted by molar-refractivity contribution is 7.98. The molecule has 1 aromatic rings. The Bertz CT molecular complexity index is 237. The van der Waals surface area contributed by atoms with E-state index in [1.165, 1.54) is 0 Å². The van der Waals surface area contributed by atoms with E-state index in [1.807, 2.05) is 18.4 Å². The molecule has 3 heteroatoms. The second-order valence-corrected chi connectivity index (χ2v) is 3.15. The maximum atomic E-state index is 5.82. The van der Waals surface area contributed by atoms with Crippen LogP contribution in [0.15, 0.2) is 23.1 Å². The number of benzene rings is 1. The Morgan fingerprint density at radius 1 is 1.50 bits per heavy atom. The van der Waals surface area contributed by atoms with Crippen molar-refractivity contribution >= 4 is 29.1 Å². The lowest BCUT2D eigenvalue weighted by atomic mass is 10.3. The van der Waals surface area contributed by atoms with E-state index < -0.39 is 0 Å². The third kappa shape index (κ3) is 1.58. The molecule has 0 unspecified atom stereocenters. The first kappa shape index (κ1) is 7.76. The van der Waals surface area contributed by atoms with Crippen LogP contribution in [0.3, 0.4) is 0 Å². The van der Waals surface area contributed by atoms with Crippen molar-refractivity contribution in [3.63, 3.8) is 0 Å². The molecule has 0 atom stereocenters. The Morgan fingerprint density at radius 3 is 2.70 bits per heavy atom. The Labute approximate surface area is 69.6 Å². The van der Waals surface area contributed by atoms with E-state index in [2.05, 4.69) is 0 Å². The number of hydrogen-bond donors (Lipinski definition) is 1. The fraction of sp³-hybridized carbons (Fsp3) is 0.143. The van der Waals surface area contributed by atoms with Gasteiger partial charge in [-0.05, 0) is 24.5 Å². The maximum absolute atomic E-state index is 5.82. The normalized spacial score (nSPS) is 9.80. The van der Waals surface area contributed by atoms with Gasteiger partial charge in [0, 0.05) is 10.6 Å². The largest absolute Gasteiger partial charge is 0.399 e. The van der Waals surface area contributed by atoms with Gasteiger partial charge in [0.15, 0.2) is 0 Å². The predicted molar refractivity (Wildman–Crippen MR) is 47.6 cm³/mol. The van der Waals surface area contributed by atoms with Gasteiger partial charge in [-0.2, -0.15) is 0 Å². The molecule has 0 saturated carbocycles. The van der Waals surface area contributed by atoms with Crippen molar-refractivity contribution in [1.29, 1.82) is 0 Å². The van der Waals surface area contributed by atoms with Crippen molar-refractivity contribution in [2.24, 2.45) is 0 Å². The van der Waals surface area contributed by atoms with Crippen LogP contribution in [0.4, 0.5) is 5.69 Å². The van der Waals surface area contributed by atoms with Crippen LogP contribution in [0.2, 0.25) is 5.02 Å². The van der Waals surface area contributed by atoms with E-state index in [1.54, 1.807) is 17.8 Å². The molecule has 1 aromatic carbocycles. The maximum Gasteiger partial charge on any atom is 0.0543 e. The summed E-state index contributed by atoms with van der Waals surface area (Å²) in [5.41, 5.74) is 6.29. The molecule has 0 radical (unpaired) electrons. The third-order valence-electron chi connectivity index (χ3n) is 1.18. The molecular formula is C7H8ClNS. The minimum Gasteiger partial charge on any atom is -0.399 e. The molecule has 0 amide bonds. The Balaban J connectivity index is 3.09. The summed E-state index contributed by atoms with van der Waals surface area (Å²) in [5.74, 6) is 0. The van der Waals surface area contributed by atoms with Gasteiger partial charge in [-0.25, -0.2) is 0 Å². The van der Waals surface area contributed by atoms with Crippen LogP contribution in [0, 0.1) is 0 Å². The number of nitrogen functional groups attached to an aromatic ring is 1. The molecule has 0 bridgehead atoms. The molecule has 54 valence electrons. The number of hydrogen-bond acceptors (Lipinski definition) is 2. The molecule has 1 nitrogen and oxygen atoms in total. The average Bonchev–Trinajstić information content (AvgIpc) is 1.94. The second-order valence-electron chi connectivity index (χ2n) is 1.89. The molecule has 10 heavy (non-hydrogen) atoms. The molecule has 0 fully saturated rings. The lowest BCUT2D eigenvalue weighted by molar-refractivity contribution is 1.47. The van der Waals surface area contributed by atoms with Crippen molar-refractivity contribution in [1.82, 2.24) is 0 Å². The van der Waals surface area contributed by atoms with Crippen molar-refractivity contribution in [3.05, 3.63) is 23.2 Å². The van der Waals surface area contributed by atoms with Crippen molar-refractivity contribution in [2.75, 3.05) is 12.0 Å². The smallest absolute Gasteiger partial charge is 0.0543 e. The molecule has 0 aliphatic heterocycles. The fourth-order valence-electron chi connectivity index (χ4n) is 0.676. The lowest BCUT2D eigenvalue weighted by Crippen LogP contribution is -1.83. The van der Waals surface area contributed by atoms with Gasteiger partial charge in [-0.1, -0.05) is 11.6 Å². The van der Waals surface area contributed by atoms with E-state index in [0.29, 0.717) is 0 Å². The topological polar surface area (TPSA) is 26.0 Å². The summed E-state index contributed by atoms with van der Waals surface area (Å²) >= 11 is 7.42. The molecule has 0 aliphatic rings. The highest BCUT2D eigenvalue weighted by Crippen LogP contribution is 2.26. The molecule has 2 N–H and O–H groups in total. The van der Waals surface area contributed by atoms with E-state index >= 15 is 0 Å². The first-order chi connectivity index (χ1) is 4.74. The summed E-state index contributed by atoms with van der Waals surface area (Å²) in [4.78, 5) is 1.03. The van der Waals surface area contributed by atoms with Gasteiger partial charge in [0.2, 0.25) is 0 Å². The Kier molecular flexibility index (Phi) is 2.46. The zero-order valence-electron chi connectivity index (χ0n) is 5.60. The molecule has 1 rings (SSSR count). The van der Waals surface area contributed by atoms with Crippen LogP contribution >= 0.6 is 23.4 Å². The van der Waals surface area contributed by atoms with Gasteiger partial charge in [-0.3, -0.25) is 0 Å². The number of nitrogens with two attached hydrogens (primary N) is 1. The van der Waals surface area contributed by atoms with Crippen molar-refractivity contribution < 1.29 is 0 Å². The van der Waals surface area contributed by atoms with Crippen molar-refractivity contribution in [3.8, 4) is 0 Å². The molecule has 0 aliphatic carbocycles.